The summed E-state index contributed by atoms with van der Waals surface area (Å²) in [5.41, 5.74) is 7.41. The van der Waals surface area contributed by atoms with E-state index in [4.69, 9.17) is 5.73 Å². The number of aryl methyl sites for hydroxylation is 1. The minimum absolute atomic E-state index is 0.0685. The first-order valence-electron chi connectivity index (χ1n) is 6.62. The van der Waals surface area contributed by atoms with Crippen molar-refractivity contribution < 1.29 is 4.79 Å². The molecular weight excluding hydrogens is 240 g/mol. The van der Waals surface area contributed by atoms with E-state index >= 15 is 0 Å². The van der Waals surface area contributed by atoms with Gasteiger partial charge in [0.15, 0.2) is 5.69 Å². The number of fused-ring (bicyclic) bond motifs is 1. The molecular formula is C14H18N4O. The number of hydrogen-bond donors (Lipinski definition) is 2. The van der Waals surface area contributed by atoms with Gasteiger partial charge in [-0.2, -0.15) is 5.10 Å². The number of amides is 1. The number of carbonyl (C=O) groups excluding carboxylic acids is 1. The molecule has 0 radical (unpaired) electrons. The number of hydrogen-bond acceptors (Lipinski definition) is 3. The van der Waals surface area contributed by atoms with E-state index in [1.807, 2.05) is 31.3 Å². The van der Waals surface area contributed by atoms with Crippen LogP contribution in [0.25, 0.3) is 10.9 Å². The number of para-hydroxylation sites is 1. The fourth-order valence-electron chi connectivity index (χ4n) is 2.37. The van der Waals surface area contributed by atoms with Crippen LogP contribution in [0.4, 0.5) is 0 Å². The van der Waals surface area contributed by atoms with Crippen LogP contribution in [0.15, 0.2) is 24.3 Å². The minimum atomic E-state index is -0.145. The Morgan fingerprint density at radius 2 is 2.26 bits per heavy atom. The van der Waals surface area contributed by atoms with Crippen LogP contribution in [-0.4, -0.2) is 28.3 Å². The largest absolute Gasteiger partial charge is 0.349 e. The van der Waals surface area contributed by atoms with Crippen molar-refractivity contribution in [3.05, 3.63) is 30.0 Å². The standard InChI is InChI=1S/C14H18N4O/c1-18-12-5-3-2-4-10(12)13(17-18)14(19)16-8-11(15)9-6-7-9/h2-5,9,11H,6-8,15H2,1H3,(H,16,19). The lowest BCUT2D eigenvalue weighted by Crippen LogP contribution is -2.38. The molecule has 3 rings (SSSR count). The maximum Gasteiger partial charge on any atom is 0.272 e. The quantitative estimate of drug-likeness (QED) is 0.860. The van der Waals surface area contributed by atoms with Crippen LogP contribution < -0.4 is 11.1 Å². The van der Waals surface area contributed by atoms with E-state index in [1.54, 1.807) is 4.68 Å². The van der Waals surface area contributed by atoms with Crippen molar-refractivity contribution in [1.82, 2.24) is 15.1 Å². The van der Waals surface area contributed by atoms with Crippen LogP contribution in [0.2, 0.25) is 0 Å². The van der Waals surface area contributed by atoms with E-state index in [0.29, 0.717) is 18.2 Å². The summed E-state index contributed by atoms with van der Waals surface area (Å²) in [5, 5.41) is 8.05. The highest BCUT2D eigenvalue weighted by atomic mass is 16.1. The normalized spacial score (nSPS) is 16.5. The predicted octanol–water partition coefficient (Wildman–Crippen LogP) is 1.04. The molecule has 1 aliphatic carbocycles. The van der Waals surface area contributed by atoms with Gasteiger partial charge in [-0.05, 0) is 24.8 Å². The van der Waals surface area contributed by atoms with Gasteiger partial charge in [-0.15, -0.1) is 0 Å². The number of carbonyl (C=O) groups is 1. The zero-order chi connectivity index (χ0) is 13.4. The average Bonchev–Trinajstić information content (AvgIpc) is 3.21. The van der Waals surface area contributed by atoms with Gasteiger partial charge >= 0.3 is 0 Å². The number of rotatable bonds is 4. The van der Waals surface area contributed by atoms with Crippen LogP contribution >= 0.6 is 0 Å². The first-order chi connectivity index (χ1) is 9.16. The Hall–Kier alpha value is -1.88. The molecule has 1 atom stereocenters. The van der Waals surface area contributed by atoms with Crippen molar-refractivity contribution >= 4 is 16.8 Å². The molecule has 0 spiro atoms. The summed E-state index contributed by atoms with van der Waals surface area (Å²) in [6, 6.07) is 7.79. The molecule has 1 aromatic carbocycles. The first-order valence-corrected chi connectivity index (χ1v) is 6.62. The molecule has 1 amide bonds. The van der Waals surface area contributed by atoms with Crippen molar-refractivity contribution in [3.8, 4) is 0 Å². The number of nitrogens with one attached hydrogen (secondary N) is 1. The van der Waals surface area contributed by atoms with Gasteiger partial charge in [0, 0.05) is 25.0 Å². The van der Waals surface area contributed by atoms with Gasteiger partial charge < -0.3 is 11.1 Å². The second kappa shape index (κ2) is 4.66. The fraction of sp³-hybridized carbons (Fsp3) is 0.429. The van der Waals surface area contributed by atoms with E-state index < -0.39 is 0 Å². The maximum atomic E-state index is 12.2. The van der Waals surface area contributed by atoms with Gasteiger partial charge in [0.2, 0.25) is 0 Å². The predicted molar refractivity (Wildman–Crippen MR) is 73.7 cm³/mol. The highest BCUT2D eigenvalue weighted by Crippen LogP contribution is 2.31. The van der Waals surface area contributed by atoms with E-state index in [-0.39, 0.29) is 11.9 Å². The number of benzene rings is 1. The third-order valence-electron chi connectivity index (χ3n) is 3.70. The van der Waals surface area contributed by atoms with Crippen molar-refractivity contribution in [2.24, 2.45) is 18.7 Å². The molecule has 1 heterocycles. The van der Waals surface area contributed by atoms with Crippen LogP contribution in [-0.2, 0) is 7.05 Å². The highest BCUT2D eigenvalue weighted by Gasteiger charge is 2.28. The number of nitrogens with two attached hydrogens (primary N) is 1. The summed E-state index contributed by atoms with van der Waals surface area (Å²) >= 11 is 0. The van der Waals surface area contributed by atoms with Gasteiger partial charge in [0.05, 0.1) is 5.52 Å². The summed E-state index contributed by atoms with van der Waals surface area (Å²) in [7, 11) is 1.84. The van der Waals surface area contributed by atoms with E-state index in [2.05, 4.69) is 10.4 Å². The zero-order valence-corrected chi connectivity index (χ0v) is 11.0. The molecule has 0 bridgehead atoms. The maximum absolute atomic E-state index is 12.2. The molecule has 2 aromatic rings. The molecule has 1 unspecified atom stereocenters. The molecule has 5 heteroatoms. The number of aromatic nitrogens is 2. The van der Waals surface area contributed by atoms with Crippen molar-refractivity contribution in [2.75, 3.05) is 6.54 Å². The molecule has 0 aliphatic heterocycles. The first kappa shape index (κ1) is 12.2. The van der Waals surface area contributed by atoms with E-state index in [1.165, 1.54) is 12.8 Å². The Kier molecular flexibility index (Phi) is 2.98. The molecule has 0 saturated heterocycles. The lowest BCUT2D eigenvalue weighted by Gasteiger charge is -2.10. The summed E-state index contributed by atoms with van der Waals surface area (Å²) < 4.78 is 1.73. The Morgan fingerprint density at radius 3 is 3.00 bits per heavy atom. The monoisotopic (exact) mass is 258 g/mol. The zero-order valence-electron chi connectivity index (χ0n) is 11.0. The number of nitrogens with zero attached hydrogens (tertiary/aromatic N) is 2. The molecule has 19 heavy (non-hydrogen) atoms. The highest BCUT2D eigenvalue weighted by molar-refractivity contribution is 6.04. The summed E-state index contributed by atoms with van der Waals surface area (Å²) in [5.74, 6) is 0.439. The molecule has 100 valence electrons. The molecule has 1 fully saturated rings. The van der Waals surface area contributed by atoms with E-state index in [9.17, 15) is 4.79 Å². The molecule has 1 saturated carbocycles. The third-order valence-corrected chi connectivity index (χ3v) is 3.70. The topological polar surface area (TPSA) is 72.9 Å². The summed E-state index contributed by atoms with van der Waals surface area (Å²) in [6.07, 6.45) is 2.37. The van der Waals surface area contributed by atoms with Crippen molar-refractivity contribution in [3.63, 3.8) is 0 Å². The van der Waals surface area contributed by atoms with Crippen molar-refractivity contribution in [2.45, 2.75) is 18.9 Å². The van der Waals surface area contributed by atoms with Crippen LogP contribution in [0.5, 0.6) is 0 Å². The van der Waals surface area contributed by atoms with Gasteiger partial charge in [0.25, 0.3) is 5.91 Å². The Labute approximate surface area is 111 Å². The van der Waals surface area contributed by atoms with Crippen LogP contribution in [0, 0.1) is 5.92 Å². The summed E-state index contributed by atoms with van der Waals surface area (Å²) in [6.45, 7) is 0.522. The molecule has 1 aliphatic rings. The minimum Gasteiger partial charge on any atom is -0.349 e. The van der Waals surface area contributed by atoms with Crippen LogP contribution in [0.3, 0.4) is 0 Å². The Balaban J connectivity index is 1.77. The Morgan fingerprint density at radius 1 is 1.53 bits per heavy atom. The fourth-order valence-corrected chi connectivity index (χ4v) is 2.37. The van der Waals surface area contributed by atoms with Gasteiger partial charge in [0.1, 0.15) is 0 Å². The lowest BCUT2D eigenvalue weighted by atomic mass is 10.2. The average molecular weight is 258 g/mol. The molecule has 3 N–H and O–H groups in total. The summed E-state index contributed by atoms with van der Waals surface area (Å²) in [4.78, 5) is 12.2. The lowest BCUT2D eigenvalue weighted by molar-refractivity contribution is 0.0946. The SMILES string of the molecule is Cn1nc(C(=O)NCC(N)C2CC2)c2ccccc21. The second-order valence-electron chi connectivity index (χ2n) is 5.20. The smallest absolute Gasteiger partial charge is 0.272 e. The second-order valence-corrected chi connectivity index (χ2v) is 5.20. The van der Waals surface area contributed by atoms with Crippen LogP contribution in [0.1, 0.15) is 23.3 Å². The van der Waals surface area contributed by atoms with Gasteiger partial charge in [-0.3, -0.25) is 9.48 Å². The third kappa shape index (κ3) is 2.33. The van der Waals surface area contributed by atoms with Gasteiger partial charge in [-0.1, -0.05) is 18.2 Å². The molecule has 5 nitrogen and oxygen atoms in total. The van der Waals surface area contributed by atoms with Crippen molar-refractivity contribution in [1.29, 1.82) is 0 Å². The van der Waals surface area contributed by atoms with Gasteiger partial charge in [-0.25, -0.2) is 0 Å². The van der Waals surface area contributed by atoms with E-state index in [0.717, 1.165) is 10.9 Å². The molecule has 1 aromatic heterocycles. The Bertz CT molecular complexity index is 615.